The van der Waals surface area contributed by atoms with E-state index in [1.807, 2.05) is 31.2 Å². The SMILES string of the molecule is CC[C@H](NC(=O)OCC1c2ccccc2-c2ccccc21)C(=O)N1Cc2ccc(C(=O)O)cc2C1. The summed E-state index contributed by atoms with van der Waals surface area (Å²) >= 11 is 0. The van der Waals surface area contributed by atoms with Crippen molar-refractivity contribution in [2.45, 2.75) is 38.4 Å². The summed E-state index contributed by atoms with van der Waals surface area (Å²) in [6, 6.07) is 20.4. The predicted octanol–water partition coefficient (Wildman–Crippen LogP) is 4.54. The molecule has 3 aromatic carbocycles. The molecule has 2 N–H and O–H groups in total. The number of alkyl carbamates (subject to hydrolysis) is 1. The van der Waals surface area contributed by atoms with E-state index in [1.54, 1.807) is 23.1 Å². The molecule has 0 fully saturated rings. The highest BCUT2D eigenvalue weighted by atomic mass is 16.5. The summed E-state index contributed by atoms with van der Waals surface area (Å²) < 4.78 is 5.60. The van der Waals surface area contributed by atoms with Gasteiger partial charge in [0.1, 0.15) is 12.6 Å². The van der Waals surface area contributed by atoms with Crippen LogP contribution in [0.3, 0.4) is 0 Å². The molecule has 0 radical (unpaired) electrons. The van der Waals surface area contributed by atoms with E-state index < -0.39 is 18.1 Å². The van der Waals surface area contributed by atoms with Gasteiger partial charge in [-0.15, -0.1) is 0 Å². The van der Waals surface area contributed by atoms with E-state index in [-0.39, 0.29) is 24.0 Å². The largest absolute Gasteiger partial charge is 0.478 e. The lowest BCUT2D eigenvalue weighted by Gasteiger charge is -2.23. The number of hydrogen-bond acceptors (Lipinski definition) is 4. The van der Waals surface area contributed by atoms with Gasteiger partial charge in [-0.2, -0.15) is 0 Å². The first-order valence-electron chi connectivity index (χ1n) is 11.7. The molecule has 1 atom stereocenters. The molecule has 0 unspecified atom stereocenters. The fraction of sp³-hybridized carbons (Fsp3) is 0.250. The lowest BCUT2D eigenvalue weighted by molar-refractivity contribution is -0.134. The Hall–Kier alpha value is -4.13. The standard InChI is InChI=1S/C28H26N2O5/c1-2-25(26(31)30-14-18-12-11-17(27(32)33)13-19(18)15-30)29-28(34)35-16-24-22-9-5-3-7-20(22)21-8-4-6-10-23(21)24/h3-13,24-25H,2,14-16H2,1H3,(H,29,34)(H,32,33)/t25-/m0/s1. The molecule has 0 spiro atoms. The quantitative estimate of drug-likeness (QED) is 0.551. The number of carbonyl (C=O) groups excluding carboxylic acids is 2. The van der Waals surface area contributed by atoms with Gasteiger partial charge in [-0.1, -0.05) is 61.5 Å². The van der Waals surface area contributed by atoms with Crippen LogP contribution >= 0.6 is 0 Å². The zero-order valence-corrected chi connectivity index (χ0v) is 19.4. The molecule has 1 heterocycles. The van der Waals surface area contributed by atoms with Gasteiger partial charge in [0.2, 0.25) is 5.91 Å². The van der Waals surface area contributed by atoms with Crippen molar-refractivity contribution < 1.29 is 24.2 Å². The number of carboxylic acids is 1. The number of hydrogen-bond donors (Lipinski definition) is 2. The van der Waals surface area contributed by atoms with E-state index in [2.05, 4.69) is 29.6 Å². The minimum Gasteiger partial charge on any atom is -0.478 e. The maximum Gasteiger partial charge on any atom is 0.407 e. The number of rotatable bonds is 6. The van der Waals surface area contributed by atoms with Crippen molar-refractivity contribution in [3.8, 4) is 11.1 Å². The average Bonchev–Trinajstić information content (AvgIpc) is 3.44. The summed E-state index contributed by atoms with van der Waals surface area (Å²) in [4.78, 5) is 38.7. The second kappa shape index (κ2) is 9.25. The van der Waals surface area contributed by atoms with E-state index in [9.17, 15) is 19.5 Å². The van der Waals surface area contributed by atoms with E-state index >= 15 is 0 Å². The first-order valence-corrected chi connectivity index (χ1v) is 11.7. The van der Waals surface area contributed by atoms with Gasteiger partial charge in [0, 0.05) is 19.0 Å². The van der Waals surface area contributed by atoms with E-state index in [0.717, 1.165) is 33.4 Å². The molecule has 2 aliphatic rings. The van der Waals surface area contributed by atoms with Gasteiger partial charge in [0.05, 0.1) is 5.56 Å². The smallest absolute Gasteiger partial charge is 0.407 e. The molecule has 3 aromatic rings. The van der Waals surface area contributed by atoms with Gasteiger partial charge in [-0.05, 0) is 51.9 Å². The van der Waals surface area contributed by atoms with Crippen molar-refractivity contribution in [1.29, 1.82) is 0 Å². The van der Waals surface area contributed by atoms with Gasteiger partial charge >= 0.3 is 12.1 Å². The number of aromatic carboxylic acids is 1. The van der Waals surface area contributed by atoms with Crippen LogP contribution in [-0.4, -0.2) is 40.6 Å². The fourth-order valence-corrected chi connectivity index (χ4v) is 5.02. The number of ether oxygens (including phenoxy) is 1. The molecule has 0 bridgehead atoms. The lowest BCUT2D eigenvalue weighted by Crippen LogP contribution is -2.47. The monoisotopic (exact) mass is 470 g/mol. The number of fused-ring (bicyclic) bond motifs is 4. The Labute approximate surface area is 203 Å². The number of amides is 2. The molecule has 7 nitrogen and oxygen atoms in total. The van der Waals surface area contributed by atoms with Gasteiger partial charge < -0.3 is 20.1 Å². The Balaban J connectivity index is 1.22. The highest BCUT2D eigenvalue weighted by Gasteiger charge is 2.32. The highest BCUT2D eigenvalue weighted by Crippen LogP contribution is 2.44. The van der Waals surface area contributed by atoms with Crippen LogP contribution in [0.5, 0.6) is 0 Å². The minimum atomic E-state index is -0.999. The second-order valence-electron chi connectivity index (χ2n) is 8.91. The van der Waals surface area contributed by atoms with Gasteiger partial charge in [-0.25, -0.2) is 9.59 Å². The normalized spacial score (nSPS) is 14.6. The van der Waals surface area contributed by atoms with Crippen LogP contribution in [0, 0.1) is 0 Å². The molecule has 35 heavy (non-hydrogen) atoms. The van der Waals surface area contributed by atoms with Crippen LogP contribution < -0.4 is 5.32 Å². The molecular weight excluding hydrogens is 444 g/mol. The zero-order valence-electron chi connectivity index (χ0n) is 19.4. The lowest BCUT2D eigenvalue weighted by atomic mass is 9.98. The third kappa shape index (κ3) is 4.25. The van der Waals surface area contributed by atoms with Crippen molar-refractivity contribution in [3.63, 3.8) is 0 Å². The number of carbonyl (C=O) groups is 3. The minimum absolute atomic E-state index is 0.0551. The van der Waals surface area contributed by atoms with Gasteiger partial charge in [0.15, 0.2) is 0 Å². The van der Waals surface area contributed by atoms with E-state index in [4.69, 9.17) is 4.74 Å². The summed E-state index contributed by atoms with van der Waals surface area (Å²) in [5.74, 6) is -1.27. The molecular formula is C28H26N2O5. The highest BCUT2D eigenvalue weighted by molar-refractivity contribution is 5.89. The van der Waals surface area contributed by atoms with Crippen molar-refractivity contribution in [2.75, 3.05) is 6.61 Å². The van der Waals surface area contributed by atoms with Crippen LogP contribution in [0.4, 0.5) is 4.79 Å². The topological polar surface area (TPSA) is 95.9 Å². The summed E-state index contributed by atoms with van der Waals surface area (Å²) in [6.07, 6.45) is -0.215. The first-order chi connectivity index (χ1) is 17.0. The molecule has 7 heteroatoms. The van der Waals surface area contributed by atoms with Crippen molar-refractivity contribution in [1.82, 2.24) is 10.2 Å². The molecule has 0 saturated heterocycles. The van der Waals surface area contributed by atoms with Crippen molar-refractivity contribution in [3.05, 3.63) is 94.5 Å². The molecule has 178 valence electrons. The Morgan fingerprint density at radius 2 is 1.60 bits per heavy atom. The first kappa shape index (κ1) is 22.7. The van der Waals surface area contributed by atoms with Crippen LogP contribution in [-0.2, 0) is 22.6 Å². The molecule has 1 aliphatic heterocycles. The van der Waals surface area contributed by atoms with Crippen LogP contribution in [0.1, 0.15) is 51.9 Å². The maximum absolute atomic E-state index is 13.1. The van der Waals surface area contributed by atoms with Crippen LogP contribution in [0.2, 0.25) is 0 Å². The second-order valence-corrected chi connectivity index (χ2v) is 8.91. The predicted molar refractivity (Wildman–Crippen MR) is 130 cm³/mol. The number of nitrogens with zero attached hydrogens (tertiary/aromatic N) is 1. The molecule has 1 aliphatic carbocycles. The van der Waals surface area contributed by atoms with Crippen molar-refractivity contribution in [2.24, 2.45) is 0 Å². The van der Waals surface area contributed by atoms with Gasteiger partial charge in [-0.3, -0.25) is 4.79 Å². The molecule has 2 amide bonds. The number of nitrogens with one attached hydrogen (secondary N) is 1. The Kier molecular flexibility index (Phi) is 5.99. The summed E-state index contributed by atoms with van der Waals surface area (Å²) in [5.41, 5.74) is 6.48. The van der Waals surface area contributed by atoms with E-state index in [0.29, 0.717) is 19.5 Å². The Bertz CT molecular complexity index is 1270. The number of benzene rings is 3. The molecule has 0 aromatic heterocycles. The van der Waals surface area contributed by atoms with Crippen molar-refractivity contribution >= 4 is 18.0 Å². The van der Waals surface area contributed by atoms with E-state index in [1.165, 1.54) is 0 Å². The maximum atomic E-state index is 13.1. The third-order valence-corrected chi connectivity index (χ3v) is 6.83. The fourth-order valence-electron chi connectivity index (χ4n) is 5.02. The zero-order chi connectivity index (χ0) is 24.5. The van der Waals surface area contributed by atoms with Crippen LogP contribution in [0.15, 0.2) is 66.7 Å². The summed E-state index contributed by atoms with van der Waals surface area (Å²) in [6.45, 7) is 2.71. The van der Waals surface area contributed by atoms with Crippen LogP contribution in [0.25, 0.3) is 11.1 Å². The average molecular weight is 471 g/mol. The third-order valence-electron chi connectivity index (χ3n) is 6.83. The molecule has 5 rings (SSSR count). The molecule has 0 saturated carbocycles. The number of carboxylic acid groups (broad SMARTS) is 1. The Morgan fingerprint density at radius 1 is 0.971 bits per heavy atom. The van der Waals surface area contributed by atoms with Gasteiger partial charge in [0.25, 0.3) is 0 Å². The Morgan fingerprint density at radius 3 is 2.23 bits per heavy atom. The summed E-state index contributed by atoms with van der Waals surface area (Å²) in [5, 5.41) is 11.9. The summed E-state index contributed by atoms with van der Waals surface area (Å²) in [7, 11) is 0.